The van der Waals surface area contributed by atoms with Crippen LogP contribution in [-0.4, -0.2) is 39.7 Å². The number of sulfonamides is 1. The Morgan fingerprint density at radius 1 is 1.48 bits per heavy atom. The van der Waals surface area contributed by atoms with E-state index in [0.29, 0.717) is 18.8 Å². The van der Waals surface area contributed by atoms with E-state index in [1.54, 1.807) is 12.3 Å². The molecule has 0 bridgehead atoms. The van der Waals surface area contributed by atoms with Crippen LogP contribution in [0.15, 0.2) is 23.4 Å². The summed E-state index contributed by atoms with van der Waals surface area (Å²) >= 11 is 0. The third-order valence-corrected chi connectivity index (χ3v) is 4.91. The summed E-state index contributed by atoms with van der Waals surface area (Å²) in [4.78, 5) is 4.13. The predicted octanol–water partition coefficient (Wildman–Crippen LogP) is 1.61. The fourth-order valence-corrected chi connectivity index (χ4v) is 3.51. The van der Waals surface area contributed by atoms with Crippen LogP contribution in [0.25, 0.3) is 0 Å². The minimum Gasteiger partial charge on any atom is -0.384 e. The van der Waals surface area contributed by atoms with Gasteiger partial charge in [0, 0.05) is 32.1 Å². The summed E-state index contributed by atoms with van der Waals surface area (Å²) in [7, 11) is -3.55. The Balaban J connectivity index is 2.04. The summed E-state index contributed by atoms with van der Waals surface area (Å²) < 4.78 is 32.9. The quantitative estimate of drug-likeness (QED) is 0.799. The maximum atomic E-state index is 12.4. The van der Waals surface area contributed by atoms with Crippen molar-refractivity contribution in [2.45, 2.75) is 31.1 Å². The Labute approximate surface area is 126 Å². The second kappa shape index (κ2) is 7.72. The lowest BCUT2D eigenvalue weighted by Crippen LogP contribution is -2.33. The van der Waals surface area contributed by atoms with Crippen LogP contribution in [0.4, 0.5) is 5.69 Å². The molecule has 1 atom stereocenters. The van der Waals surface area contributed by atoms with Crippen LogP contribution in [0.5, 0.6) is 0 Å². The third-order valence-electron chi connectivity index (χ3n) is 3.46. The van der Waals surface area contributed by atoms with Crippen LogP contribution in [0.3, 0.4) is 0 Å². The maximum Gasteiger partial charge on any atom is 0.244 e. The van der Waals surface area contributed by atoms with Gasteiger partial charge in [-0.15, -0.1) is 0 Å². The first-order valence-corrected chi connectivity index (χ1v) is 8.87. The summed E-state index contributed by atoms with van der Waals surface area (Å²) in [6.45, 7) is 4.56. The average molecular weight is 313 g/mol. The zero-order valence-electron chi connectivity index (χ0n) is 12.3. The zero-order chi connectivity index (χ0) is 15.1. The van der Waals surface area contributed by atoms with Crippen molar-refractivity contribution in [3.05, 3.63) is 18.5 Å². The first kappa shape index (κ1) is 16.2. The summed E-state index contributed by atoms with van der Waals surface area (Å²) in [5.74, 6) is 0.247. The van der Waals surface area contributed by atoms with Gasteiger partial charge in [0.1, 0.15) is 4.90 Å². The Bertz CT molecular complexity index is 542. The van der Waals surface area contributed by atoms with Gasteiger partial charge in [0.15, 0.2) is 0 Å². The van der Waals surface area contributed by atoms with E-state index in [4.69, 9.17) is 4.74 Å². The van der Waals surface area contributed by atoms with Crippen LogP contribution in [0.2, 0.25) is 0 Å². The molecule has 118 valence electrons. The molecule has 0 radical (unpaired) electrons. The monoisotopic (exact) mass is 313 g/mol. The van der Waals surface area contributed by atoms with E-state index in [1.807, 2.05) is 6.92 Å². The van der Waals surface area contributed by atoms with Gasteiger partial charge >= 0.3 is 0 Å². The van der Waals surface area contributed by atoms with Crippen LogP contribution in [-0.2, 0) is 14.8 Å². The van der Waals surface area contributed by atoms with Gasteiger partial charge in [0.25, 0.3) is 0 Å². The van der Waals surface area contributed by atoms with E-state index in [0.717, 1.165) is 32.4 Å². The van der Waals surface area contributed by atoms with E-state index in [-0.39, 0.29) is 10.8 Å². The van der Waals surface area contributed by atoms with Gasteiger partial charge in [-0.2, -0.15) is 0 Å². The number of aromatic nitrogens is 1. The molecule has 1 unspecified atom stereocenters. The van der Waals surface area contributed by atoms with Crippen molar-refractivity contribution >= 4 is 15.7 Å². The Hall–Kier alpha value is -1.18. The second-order valence-corrected chi connectivity index (χ2v) is 6.97. The van der Waals surface area contributed by atoms with Gasteiger partial charge < -0.3 is 10.1 Å². The fraction of sp³-hybridized carbons (Fsp3) is 0.643. The number of nitrogens with zero attached hydrogens (tertiary/aromatic N) is 1. The van der Waals surface area contributed by atoms with Crippen molar-refractivity contribution in [2.24, 2.45) is 5.92 Å². The predicted molar refractivity (Wildman–Crippen MR) is 81.7 cm³/mol. The van der Waals surface area contributed by atoms with Crippen molar-refractivity contribution in [2.75, 3.05) is 31.6 Å². The van der Waals surface area contributed by atoms with E-state index in [9.17, 15) is 8.42 Å². The molecule has 0 aliphatic carbocycles. The van der Waals surface area contributed by atoms with Crippen molar-refractivity contribution in [3.8, 4) is 0 Å². The molecule has 0 saturated carbocycles. The minimum atomic E-state index is -3.55. The first-order chi connectivity index (χ1) is 10.1. The van der Waals surface area contributed by atoms with Crippen LogP contribution in [0, 0.1) is 5.92 Å². The molecular formula is C14H23N3O3S. The Morgan fingerprint density at radius 3 is 3.05 bits per heavy atom. The van der Waals surface area contributed by atoms with E-state index in [1.165, 1.54) is 6.20 Å². The van der Waals surface area contributed by atoms with E-state index in [2.05, 4.69) is 15.0 Å². The van der Waals surface area contributed by atoms with Gasteiger partial charge in [0.2, 0.25) is 10.0 Å². The molecule has 1 saturated heterocycles. The van der Waals surface area contributed by atoms with Crippen LogP contribution < -0.4 is 10.0 Å². The molecule has 2 rings (SSSR count). The Morgan fingerprint density at radius 2 is 2.33 bits per heavy atom. The molecule has 1 aliphatic rings. The first-order valence-electron chi connectivity index (χ1n) is 7.38. The highest BCUT2D eigenvalue weighted by Crippen LogP contribution is 2.20. The molecule has 21 heavy (non-hydrogen) atoms. The molecule has 0 amide bonds. The number of ether oxygens (including phenoxy) is 1. The molecule has 0 aromatic carbocycles. The number of hydrogen-bond acceptors (Lipinski definition) is 5. The van der Waals surface area contributed by atoms with Gasteiger partial charge in [-0.1, -0.05) is 6.92 Å². The molecule has 1 aliphatic heterocycles. The second-order valence-electron chi connectivity index (χ2n) is 5.23. The van der Waals surface area contributed by atoms with Crippen LogP contribution >= 0.6 is 0 Å². The topological polar surface area (TPSA) is 80.3 Å². The van der Waals surface area contributed by atoms with Gasteiger partial charge in [-0.25, -0.2) is 13.1 Å². The van der Waals surface area contributed by atoms with Crippen LogP contribution in [0.1, 0.15) is 26.2 Å². The molecule has 2 N–H and O–H groups in total. The lowest BCUT2D eigenvalue weighted by atomic mass is 10.0. The number of rotatable bonds is 7. The third kappa shape index (κ3) is 4.66. The molecule has 6 nitrogen and oxygen atoms in total. The summed E-state index contributed by atoms with van der Waals surface area (Å²) in [6, 6.07) is 1.69. The highest BCUT2D eigenvalue weighted by Gasteiger charge is 2.21. The smallest absolute Gasteiger partial charge is 0.244 e. The van der Waals surface area contributed by atoms with Gasteiger partial charge in [-0.05, 0) is 31.2 Å². The number of nitrogens with one attached hydrogen (secondary N) is 2. The minimum absolute atomic E-state index is 0.204. The largest absolute Gasteiger partial charge is 0.384 e. The summed E-state index contributed by atoms with van der Waals surface area (Å²) in [5.41, 5.74) is 0.597. The molecule has 0 spiro atoms. The van der Waals surface area contributed by atoms with Crippen molar-refractivity contribution < 1.29 is 13.2 Å². The van der Waals surface area contributed by atoms with Crippen molar-refractivity contribution in [1.29, 1.82) is 0 Å². The highest BCUT2D eigenvalue weighted by molar-refractivity contribution is 7.89. The standard InChI is InChI=1S/C14H23N3O3S/c1-2-6-16-13-5-7-15-10-14(13)21(18,19)17-9-12-4-3-8-20-11-12/h5,7,10,12,17H,2-4,6,8-9,11H2,1H3,(H,15,16). The average Bonchev–Trinajstić information content (AvgIpc) is 2.52. The van der Waals surface area contributed by atoms with E-state index >= 15 is 0 Å². The normalized spacial score (nSPS) is 19.4. The molecule has 1 aromatic heterocycles. The SMILES string of the molecule is CCCNc1ccncc1S(=O)(=O)NCC1CCCOC1. The molecular weight excluding hydrogens is 290 g/mol. The Kier molecular flexibility index (Phi) is 5.96. The molecule has 1 aromatic rings. The number of anilines is 1. The number of hydrogen-bond donors (Lipinski definition) is 2. The molecule has 1 fully saturated rings. The summed E-state index contributed by atoms with van der Waals surface area (Å²) in [6.07, 6.45) is 5.89. The van der Waals surface area contributed by atoms with Gasteiger partial charge in [-0.3, -0.25) is 4.98 Å². The maximum absolute atomic E-state index is 12.4. The zero-order valence-corrected chi connectivity index (χ0v) is 13.2. The highest BCUT2D eigenvalue weighted by atomic mass is 32.2. The summed E-state index contributed by atoms with van der Waals surface area (Å²) in [5, 5.41) is 3.12. The van der Waals surface area contributed by atoms with Crippen molar-refractivity contribution in [3.63, 3.8) is 0 Å². The van der Waals surface area contributed by atoms with E-state index < -0.39 is 10.0 Å². The fourth-order valence-electron chi connectivity index (χ4n) is 2.27. The number of pyridine rings is 1. The molecule has 7 heteroatoms. The van der Waals surface area contributed by atoms with Gasteiger partial charge in [0.05, 0.1) is 12.3 Å². The lowest BCUT2D eigenvalue weighted by molar-refractivity contribution is 0.0568. The molecule has 2 heterocycles. The van der Waals surface area contributed by atoms with Crippen molar-refractivity contribution in [1.82, 2.24) is 9.71 Å². The lowest BCUT2D eigenvalue weighted by Gasteiger charge is -2.22.